The van der Waals surface area contributed by atoms with Gasteiger partial charge in [0.2, 0.25) is 5.91 Å². The first-order valence-electron chi connectivity index (χ1n) is 6.26. The number of carbonyl (C=O) groups is 1. The minimum Gasteiger partial charge on any atom is -0.493 e. The van der Waals surface area contributed by atoms with Crippen molar-refractivity contribution in [2.75, 3.05) is 7.11 Å². The Labute approximate surface area is 118 Å². The summed E-state index contributed by atoms with van der Waals surface area (Å²) in [4.78, 5) is 11.1. The summed E-state index contributed by atoms with van der Waals surface area (Å²) < 4.78 is 10.9. The lowest BCUT2D eigenvalue weighted by Gasteiger charge is -2.11. The van der Waals surface area contributed by atoms with Gasteiger partial charge in [-0.25, -0.2) is 0 Å². The standard InChI is InChI=1S/C16H17NO3/c1-11-4-3-5-12(8-11)10-20-14-7-6-13(16(17)18)9-15(14)19-2/h3-9H,10H2,1-2H3,(H2,17,18). The molecule has 0 aliphatic heterocycles. The molecule has 2 rings (SSSR count). The molecule has 0 saturated heterocycles. The van der Waals surface area contributed by atoms with E-state index >= 15 is 0 Å². The van der Waals surface area contributed by atoms with E-state index in [9.17, 15) is 4.79 Å². The van der Waals surface area contributed by atoms with Crippen LogP contribution in [0, 0.1) is 6.92 Å². The molecular weight excluding hydrogens is 254 g/mol. The molecule has 0 aromatic heterocycles. The lowest BCUT2D eigenvalue weighted by molar-refractivity contribution is 0.1000. The van der Waals surface area contributed by atoms with Crippen molar-refractivity contribution in [3.8, 4) is 11.5 Å². The average molecular weight is 271 g/mol. The fourth-order valence-electron chi connectivity index (χ4n) is 1.90. The van der Waals surface area contributed by atoms with Gasteiger partial charge in [0.1, 0.15) is 6.61 Å². The normalized spacial score (nSPS) is 10.1. The maximum Gasteiger partial charge on any atom is 0.248 e. The van der Waals surface area contributed by atoms with Crippen molar-refractivity contribution in [3.63, 3.8) is 0 Å². The highest BCUT2D eigenvalue weighted by Gasteiger charge is 2.09. The number of amides is 1. The van der Waals surface area contributed by atoms with E-state index < -0.39 is 5.91 Å². The summed E-state index contributed by atoms with van der Waals surface area (Å²) in [6.45, 7) is 2.47. The number of hydrogen-bond donors (Lipinski definition) is 1. The summed E-state index contributed by atoms with van der Waals surface area (Å²) in [6, 6.07) is 13.0. The third-order valence-corrected chi connectivity index (χ3v) is 2.92. The van der Waals surface area contributed by atoms with Crippen molar-refractivity contribution in [3.05, 3.63) is 59.2 Å². The highest BCUT2D eigenvalue weighted by Crippen LogP contribution is 2.28. The minimum atomic E-state index is -0.492. The Balaban J connectivity index is 2.15. The zero-order chi connectivity index (χ0) is 14.5. The molecule has 2 aromatic rings. The zero-order valence-electron chi connectivity index (χ0n) is 11.6. The molecule has 104 valence electrons. The Morgan fingerprint density at radius 3 is 2.60 bits per heavy atom. The first-order chi connectivity index (χ1) is 9.60. The van der Waals surface area contributed by atoms with E-state index in [2.05, 4.69) is 6.07 Å². The van der Waals surface area contributed by atoms with E-state index in [1.807, 2.05) is 25.1 Å². The highest BCUT2D eigenvalue weighted by atomic mass is 16.5. The predicted molar refractivity (Wildman–Crippen MR) is 77.0 cm³/mol. The number of primary amides is 1. The van der Waals surface area contributed by atoms with E-state index in [4.69, 9.17) is 15.2 Å². The molecule has 4 heteroatoms. The molecule has 0 aliphatic carbocycles. The fourth-order valence-corrected chi connectivity index (χ4v) is 1.90. The van der Waals surface area contributed by atoms with Crippen LogP contribution in [-0.2, 0) is 6.61 Å². The molecule has 0 spiro atoms. The van der Waals surface area contributed by atoms with Crippen LogP contribution in [0.5, 0.6) is 11.5 Å². The van der Waals surface area contributed by atoms with Crippen LogP contribution in [0.1, 0.15) is 21.5 Å². The molecule has 0 unspecified atom stereocenters. The second-order valence-electron chi connectivity index (χ2n) is 4.51. The Kier molecular flexibility index (Phi) is 4.25. The average Bonchev–Trinajstić information content (AvgIpc) is 2.45. The highest BCUT2D eigenvalue weighted by molar-refractivity contribution is 5.93. The summed E-state index contributed by atoms with van der Waals surface area (Å²) in [5.74, 6) is 0.585. The van der Waals surface area contributed by atoms with Crippen LogP contribution in [0.25, 0.3) is 0 Å². The number of aryl methyl sites for hydroxylation is 1. The van der Waals surface area contributed by atoms with Crippen molar-refractivity contribution >= 4 is 5.91 Å². The number of nitrogens with two attached hydrogens (primary N) is 1. The van der Waals surface area contributed by atoms with Crippen molar-refractivity contribution < 1.29 is 14.3 Å². The van der Waals surface area contributed by atoms with Crippen molar-refractivity contribution in [2.45, 2.75) is 13.5 Å². The van der Waals surface area contributed by atoms with Gasteiger partial charge in [-0.05, 0) is 30.7 Å². The lowest BCUT2D eigenvalue weighted by atomic mass is 10.1. The molecule has 2 aromatic carbocycles. The van der Waals surface area contributed by atoms with Gasteiger partial charge in [-0.2, -0.15) is 0 Å². The van der Waals surface area contributed by atoms with Crippen LogP contribution in [-0.4, -0.2) is 13.0 Å². The molecule has 0 atom stereocenters. The topological polar surface area (TPSA) is 61.5 Å². The molecule has 2 N–H and O–H groups in total. The van der Waals surface area contributed by atoms with Crippen molar-refractivity contribution in [2.24, 2.45) is 5.73 Å². The second kappa shape index (κ2) is 6.10. The molecule has 20 heavy (non-hydrogen) atoms. The van der Waals surface area contributed by atoms with Gasteiger partial charge in [-0.1, -0.05) is 29.8 Å². The van der Waals surface area contributed by atoms with Crippen LogP contribution in [0.15, 0.2) is 42.5 Å². The third-order valence-electron chi connectivity index (χ3n) is 2.92. The van der Waals surface area contributed by atoms with Crippen LogP contribution >= 0.6 is 0 Å². The molecule has 0 saturated carbocycles. The first kappa shape index (κ1) is 13.9. The smallest absolute Gasteiger partial charge is 0.248 e. The summed E-state index contributed by atoms with van der Waals surface area (Å²) in [6.07, 6.45) is 0. The van der Waals surface area contributed by atoms with E-state index in [-0.39, 0.29) is 0 Å². The minimum absolute atomic E-state index is 0.393. The van der Waals surface area contributed by atoms with Crippen molar-refractivity contribution in [1.29, 1.82) is 0 Å². The number of ether oxygens (including phenoxy) is 2. The Bertz CT molecular complexity index is 623. The van der Waals surface area contributed by atoms with E-state index in [0.29, 0.717) is 23.7 Å². The zero-order valence-corrected chi connectivity index (χ0v) is 11.6. The molecule has 0 radical (unpaired) electrons. The molecule has 1 amide bonds. The number of benzene rings is 2. The van der Waals surface area contributed by atoms with Gasteiger partial charge in [-0.3, -0.25) is 4.79 Å². The molecule has 0 fully saturated rings. The number of carbonyl (C=O) groups excluding carboxylic acids is 1. The Morgan fingerprint density at radius 1 is 1.15 bits per heavy atom. The predicted octanol–water partition coefficient (Wildman–Crippen LogP) is 2.68. The molecule has 4 nitrogen and oxygen atoms in total. The van der Waals surface area contributed by atoms with Gasteiger partial charge in [-0.15, -0.1) is 0 Å². The van der Waals surface area contributed by atoms with E-state index in [1.165, 1.54) is 12.7 Å². The number of rotatable bonds is 5. The molecular formula is C16H17NO3. The lowest BCUT2D eigenvalue weighted by Crippen LogP contribution is -2.11. The number of methoxy groups -OCH3 is 1. The molecule has 0 heterocycles. The van der Waals surface area contributed by atoms with E-state index in [1.54, 1.807) is 18.2 Å². The van der Waals surface area contributed by atoms with Crippen LogP contribution in [0.4, 0.5) is 0 Å². The maximum atomic E-state index is 11.1. The summed E-state index contributed by atoms with van der Waals surface area (Å²) in [5, 5.41) is 0. The number of hydrogen-bond acceptors (Lipinski definition) is 3. The van der Waals surface area contributed by atoms with Crippen LogP contribution < -0.4 is 15.2 Å². The quantitative estimate of drug-likeness (QED) is 0.909. The largest absolute Gasteiger partial charge is 0.493 e. The SMILES string of the molecule is COc1cc(C(N)=O)ccc1OCc1cccc(C)c1. The van der Waals surface area contributed by atoms with Gasteiger partial charge >= 0.3 is 0 Å². The van der Waals surface area contributed by atoms with E-state index in [0.717, 1.165) is 5.56 Å². The molecule has 0 aliphatic rings. The molecule has 0 bridgehead atoms. The monoisotopic (exact) mass is 271 g/mol. The first-order valence-corrected chi connectivity index (χ1v) is 6.26. The Morgan fingerprint density at radius 2 is 1.95 bits per heavy atom. The van der Waals surface area contributed by atoms with Crippen LogP contribution in [0.3, 0.4) is 0 Å². The van der Waals surface area contributed by atoms with Gasteiger partial charge in [0.15, 0.2) is 11.5 Å². The summed E-state index contributed by atoms with van der Waals surface area (Å²) in [7, 11) is 1.53. The van der Waals surface area contributed by atoms with Gasteiger partial charge in [0.05, 0.1) is 7.11 Å². The maximum absolute atomic E-state index is 11.1. The Hall–Kier alpha value is -2.49. The second-order valence-corrected chi connectivity index (χ2v) is 4.51. The third kappa shape index (κ3) is 3.29. The van der Waals surface area contributed by atoms with Gasteiger partial charge in [0, 0.05) is 5.56 Å². The van der Waals surface area contributed by atoms with Gasteiger partial charge in [0.25, 0.3) is 0 Å². The van der Waals surface area contributed by atoms with Crippen molar-refractivity contribution in [1.82, 2.24) is 0 Å². The summed E-state index contributed by atoms with van der Waals surface area (Å²) >= 11 is 0. The summed E-state index contributed by atoms with van der Waals surface area (Å²) in [5.41, 5.74) is 7.88. The fraction of sp³-hybridized carbons (Fsp3) is 0.188. The van der Waals surface area contributed by atoms with Crippen LogP contribution in [0.2, 0.25) is 0 Å². The van der Waals surface area contributed by atoms with Gasteiger partial charge < -0.3 is 15.2 Å².